The standard InChI is InChI=1S/C45H57Cl2F3N4O6S/c1-43(2,19-15-40(55)51-21-6-25-58-28-27-57-5)59-26-20-44(3,4)60-39-30-33(41(31-7-11-34(46)12-8-31)32-9-13-35(47)14-10-32)29-37-38(16-22-52-42(37)39)53-36-17-23-54(24-18-36)61(56)45(48,49)50/h7-14,16,22,29-30,36,41H,6,15,17-21,23-28H2,1-5H3,(H,51,55)(H,52,53). The monoisotopic (exact) mass is 908 g/mol. The minimum absolute atomic E-state index is 0.0355. The van der Waals surface area contributed by atoms with E-state index in [1.165, 1.54) is 0 Å². The third kappa shape index (κ3) is 14.8. The van der Waals surface area contributed by atoms with Crippen LogP contribution in [0.4, 0.5) is 18.9 Å². The van der Waals surface area contributed by atoms with Crippen molar-refractivity contribution in [3.8, 4) is 5.75 Å². The number of fused-ring (bicyclic) bond motifs is 1. The number of benzene rings is 3. The normalized spacial score (nSPS) is 15.0. The van der Waals surface area contributed by atoms with Gasteiger partial charge >= 0.3 is 5.51 Å². The van der Waals surface area contributed by atoms with Crippen molar-refractivity contribution in [3.63, 3.8) is 0 Å². The molecule has 1 aliphatic heterocycles. The van der Waals surface area contributed by atoms with Crippen LogP contribution in [0.2, 0.25) is 10.0 Å². The fourth-order valence-corrected chi connectivity index (χ4v) is 8.26. The number of carbonyl (C=O) groups excluding carboxylic acids is 1. The summed E-state index contributed by atoms with van der Waals surface area (Å²) in [7, 11) is -1.43. The maximum absolute atomic E-state index is 13.2. The van der Waals surface area contributed by atoms with Gasteiger partial charge in [-0.3, -0.25) is 9.78 Å². The summed E-state index contributed by atoms with van der Waals surface area (Å²) < 4.78 is 76.4. The molecule has 1 saturated heterocycles. The summed E-state index contributed by atoms with van der Waals surface area (Å²) in [4.78, 5) is 17.3. The van der Waals surface area contributed by atoms with Crippen molar-refractivity contribution in [2.45, 2.75) is 94.9 Å². The van der Waals surface area contributed by atoms with E-state index >= 15 is 0 Å². The Morgan fingerprint density at radius 2 is 1.51 bits per heavy atom. The van der Waals surface area contributed by atoms with E-state index in [4.69, 9.17) is 47.1 Å². The Bertz CT molecular complexity index is 2000. The number of rotatable bonds is 22. The molecule has 0 saturated carbocycles. The second kappa shape index (κ2) is 22.2. The first-order chi connectivity index (χ1) is 28.9. The molecular weight excluding hydrogens is 852 g/mol. The number of nitrogens with zero attached hydrogens (tertiary/aromatic N) is 2. The van der Waals surface area contributed by atoms with E-state index in [9.17, 15) is 22.2 Å². The second-order valence-corrected chi connectivity index (χ2v) is 18.7. The number of methoxy groups -OCH3 is 1. The van der Waals surface area contributed by atoms with Crippen LogP contribution in [0.25, 0.3) is 10.9 Å². The Kier molecular flexibility index (Phi) is 17.7. The van der Waals surface area contributed by atoms with Crippen molar-refractivity contribution >= 4 is 56.7 Å². The largest absolute Gasteiger partial charge is 0.485 e. The van der Waals surface area contributed by atoms with Crippen molar-refractivity contribution in [1.29, 1.82) is 0 Å². The first-order valence-electron chi connectivity index (χ1n) is 20.5. The van der Waals surface area contributed by atoms with Gasteiger partial charge in [-0.25, -0.2) is 8.51 Å². The Morgan fingerprint density at radius 1 is 0.869 bits per heavy atom. The number of amides is 1. The third-order valence-corrected chi connectivity index (χ3v) is 12.3. The zero-order valence-corrected chi connectivity index (χ0v) is 37.7. The van der Waals surface area contributed by atoms with E-state index in [0.717, 1.165) is 38.5 Å². The minimum atomic E-state index is -4.80. The highest BCUT2D eigenvalue weighted by molar-refractivity contribution is 7.83. The first-order valence-corrected chi connectivity index (χ1v) is 22.4. The molecule has 0 bridgehead atoms. The maximum atomic E-state index is 13.2. The molecule has 1 aromatic heterocycles. The lowest BCUT2D eigenvalue weighted by Crippen LogP contribution is -2.43. The molecule has 2 N–H and O–H groups in total. The highest BCUT2D eigenvalue weighted by Gasteiger charge is 2.42. The topological polar surface area (TPSA) is 111 Å². The maximum Gasteiger partial charge on any atom is 0.485 e. The molecule has 10 nitrogen and oxygen atoms in total. The van der Waals surface area contributed by atoms with Crippen LogP contribution in [0, 0.1) is 0 Å². The second-order valence-electron chi connectivity index (χ2n) is 16.4. The van der Waals surface area contributed by atoms with Crippen molar-refractivity contribution in [1.82, 2.24) is 14.6 Å². The number of piperidine rings is 1. The van der Waals surface area contributed by atoms with Gasteiger partial charge in [-0.15, -0.1) is 0 Å². The molecule has 1 fully saturated rings. The Hall–Kier alpha value is -3.50. The Morgan fingerprint density at radius 3 is 2.11 bits per heavy atom. The molecule has 2 heterocycles. The summed E-state index contributed by atoms with van der Waals surface area (Å²) in [6, 6.07) is 21.1. The van der Waals surface area contributed by atoms with Gasteiger partial charge in [0.15, 0.2) is 0 Å². The van der Waals surface area contributed by atoms with Crippen molar-refractivity contribution in [3.05, 3.63) is 99.7 Å². The van der Waals surface area contributed by atoms with Crippen molar-refractivity contribution in [2.75, 3.05) is 58.5 Å². The number of carbonyl (C=O) groups is 1. The molecular formula is C45H57Cl2F3N4O6S. The zero-order chi connectivity index (χ0) is 44.2. The van der Waals surface area contributed by atoms with Crippen LogP contribution in [0.5, 0.6) is 5.75 Å². The molecule has 4 aromatic rings. The van der Waals surface area contributed by atoms with E-state index in [1.54, 1.807) is 13.3 Å². The lowest BCUT2D eigenvalue weighted by molar-refractivity contribution is -0.123. The summed E-state index contributed by atoms with van der Waals surface area (Å²) >= 11 is 12.7. The molecule has 0 aliphatic carbocycles. The average Bonchev–Trinajstić information content (AvgIpc) is 3.21. The molecule has 16 heteroatoms. The number of nitrogens with one attached hydrogen (secondary N) is 2. The van der Waals surface area contributed by atoms with Crippen LogP contribution in [0.3, 0.4) is 0 Å². The molecule has 3 aromatic carbocycles. The van der Waals surface area contributed by atoms with Gasteiger partial charge in [-0.2, -0.15) is 13.2 Å². The van der Waals surface area contributed by atoms with E-state index in [1.807, 2.05) is 88.4 Å². The fourth-order valence-electron chi connectivity index (χ4n) is 7.18. The Balaban J connectivity index is 1.36. The number of hydrogen-bond acceptors (Lipinski definition) is 8. The van der Waals surface area contributed by atoms with Crippen LogP contribution in [-0.4, -0.2) is 95.3 Å². The van der Waals surface area contributed by atoms with Gasteiger partial charge < -0.3 is 29.6 Å². The smallest absolute Gasteiger partial charge is 0.485 e. The molecule has 1 atom stereocenters. The van der Waals surface area contributed by atoms with Gasteiger partial charge in [-0.1, -0.05) is 47.5 Å². The van der Waals surface area contributed by atoms with Crippen molar-refractivity contribution < 1.29 is 41.1 Å². The van der Waals surface area contributed by atoms with Gasteiger partial charge in [0.25, 0.3) is 0 Å². The van der Waals surface area contributed by atoms with Crippen LogP contribution in [-0.2, 0) is 30.0 Å². The van der Waals surface area contributed by atoms with E-state index in [-0.39, 0.29) is 31.0 Å². The lowest BCUT2D eigenvalue weighted by atomic mass is 9.84. The van der Waals surface area contributed by atoms with Crippen LogP contribution in [0.1, 0.15) is 88.8 Å². The fraction of sp³-hybridized carbons (Fsp3) is 0.511. The summed E-state index contributed by atoms with van der Waals surface area (Å²) in [5.41, 5.74) is -1.86. The number of halogens is 5. The molecule has 5 rings (SSSR count). The number of alkyl halides is 3. The number of ether oxygens (including phenoxy) is 4. The summed E-state index contributed by atoms with van der Waals surface area (Å²) in [5.74, 6) is 0.238. The van der Waals surface area contributed by atoms with Crippen LogP contribution in [0.15, 0.2) is 72.9 Å². The van der Waals surface area contributed by atoms with Gasteiger partial charge in [0, 0.05) is 85.5 Å². The highest BCUT2D eigenvalue weighted by Crippen LogP contribution is 2.41. The van der Waals surface area contributed by atoms with E-state index in [0.29, 0.717) is 86.4 Å². The molecule has 1 aliphatic rings. The number of hydrogen-bond donors (Lipinski definition) is 2. The molecule has 0 spiro atoms. The summed E-state index contributed by atoms with van der Waals surface area (Å²) in [6.45, 7) is 10.5. The molecule has 61 heavy (non-hydrogen) atoms. The summed E-state index contributed by atoms with van der Waals surface area (Å²) in [6.07, 6.45) is 4.52. The van der Waals surface area contributed by atoms with Gasteiger partial charge in [0.1, 0.15) is 16.9 Å². The van der Waals surface area contributed by atoms with Gasteiger partial charge in [0.05, 0.1) is 25.4 Å². The number of anilines is 1. The molecule has 1 amide bonds. The van der Waals surface area contributed by atoms with Crippen molar-refractivity contribution in [2.24, 2.45) is 0 Å². The predicted molar refractivity (Wildman–Crippen MR) is 237 cm³/mol. The van der Waals surface area contributed by atoms with Gasteiger partial charge in [-0.05, 0) is 113 Å². The van der Waals surface area contributed by atoms with E-state index < -0.39 is 27.7 Å². The number of aromatic nitrogens is 1. The van der Waals surface area contributed by atoms with Crippen LogP contribution >= 0.6 is 23.2 Å². The predicted octanol–water partition coefficient (Wildman–Crippen LogP) is 10.1. The molecule has 0 radical (unpaired) electrons. The highest BCUT2D eigenvalue weighted by atomic mass is 35.5. The quantitative estimate of drug-likeness (QED) is 0.0593. The first kappa shape index (κ1) is 48.5. The minimum Gasteiger partial charge on any atom is -0.485 e. The zero-order valence-electron chi connectivity index (χ0n) is 35.4. The van der Waals surface area contributed by atoms with E-state index in [2.05, 4.69) is 16.7 Å². The summed E-state index contributed by atoms with van der Waals surface area (Å²) in [5, 5.41) is 8.50. The SMILES string of the molecule is COCCOCCCNC(=O)CCC(C)(C)OCCC(C)(C)Oc1cc(C(c2ccc(Cl)cc2)c2ccc(Cl)cc2)cc2c(NC3CCN(S(=O)C(F)(F)F)CC3)ccnc12. The molecule has 1 unspecified atom stereocenters. The third-order valence-electron chi connectivity index (χ3n) is 10.6. The van der Waals surface area contributed by atoms with Crippen LogP contribution < -0.4 is 15.4 Å². The number of pyridine rings is 1. The van der Waals surface area contributed by atoms with Gasteiger partial charge in [0.2, 0.25) is 16.9 Å². The lowest BCUT2D eigenvalue weighted by Gasteiger charge is -2.32. The molecule has 334 valence electrons. The average molecular weight is 910 g/mol. The Labute approximate surface area is 369 Å².